The Hall–Kier alpha value is -4.02. The molecule has 0 heterocycles. The third-order valence-electron chi connectivity index (χ3n) is 7.38. The Labute approximate surface area is 232 Å². The van der Waals surface area contributed by atoms with Gasteiger partial charge in [-0.3, -0.25) is 9.59 Å². The Morgan fingerprint density at radius 1 is 0.692 bits per heavy atom. The Morgan fingerprint density at radius 2 is 1.36 bits per heavy atom. The SMILES string of the molecule is CC(=O)c1ccc(C(c2cccc(Cc3cccc(N(C)C)c3)c2C(C)=O)C(c2ccccc2)N(C)C)cc1. The number of anilines is 1. The molecule has 0 amide bonds. The predicted molar refractivity (Wildman–Crippen MR) is 161 cm³/mol. The number of rotatable bonds is 10. The summed E-state index contributed by atoms with van der Waals surface area (Å²) in [6, 6.07) is 33.0. The van der Waals surface area contributed by atoms with Crippen molar-refractivity contribution < 1.29 is 9.59 Å². The largest absolute Gasteiger partial charge is 0.378 e. The van der Waals surface area contributed by atoms with Gasteiger partial charge in [0, 0.05) is 42.9 Å². The van der Waals surface area contributed by atoms with Gasteiger partial charge in [0.2, 0.25) is 0 Å². The summed E-state index contributed by atoms with van der Waals surface area (Å²) in [5.74, 6) is -0.0349. The van der Waals surface area contributed by atoms with E-state index in [1.54, 1.807) is 13.8 Å². The van der Waals surface area contributed by atoms with Crippen LogP contribution in [-0.2, 0) is 6.42 Å². The van der Waals surface area contributed by atoms with Crippen LogP contribution in [0.5, 0.6) is 0 Å². The Morgan fingerprint density at radius 3 is 1.95 bits per heavy atom. The molecule has 0 fully saturated rings. The zero-order valence-electron chi connectivity index (χ0n) is 23.8. The summed E-state index contributed by atoms with van der Waals surface area (Å²) in [5.41, 5.74) is 8.01. The maximum atomic E-state index is 13.4. The van der Waals surface area contributed by atoms with Crippen molar-refractivity contribution in [3.8, 4) is 0 Å². The lowest BCUT2D eigenvalue weighted by Gasteiger charge is -2.35. The molecule has 4 heteroatoms. The van der Waals surface area contributed by atoms with E-state index in [1.807, 2.05) is 44.4 Å². The molecule has 0 aliphatic rings. The highest BCUT2D eigenvalue weighted by Gasteiger charge is 2.31. The quantitative estimate of drug-likeness (QED) is 0.209. The van der Waals surface area contributed by atoms with Crippen molar-refractivity contribution in [2.75, 3.05) is 33.1 Å². The maximum absolute atomic E-state index is 13.4. The molecule has 4 aromatic carbocycles. The second-order valence-electron chi connectivity index (χ2n) is 10.7. The first-order valence-electron chi connectivity index (χ1n) is 13.4. The Balaban J connectivity index is 1.92. The second-order valence-corrected chi connectivity index (χ2v) is 10.7. The smallest absolute Gasteiger partial charge is 0.160 e. The minimum absolute atomic E-state index is 0.0280. The summed E-state index contributed by atoms with van der Waals surface area (Å²) >= 11 is 0. The lowest BCUT2D eigenvalue weighted by Crippen LogP contribution is -2.28. The van der Waals surface area contributed by atoms with Crippen LogP contribution in [0.25, 0.3) is 0 Å². The van der Waals surface area contributed by atoms with Crippen LogP contribution in [0.3, 0.4) is 0 Å². The molecule has 0 saturated heterocycles. The van der Waals surface area contributed by atoms with Crippen molar-refractivity contribution in [2.24, 2.45) is 0 Å². The topological polar surface area (TPSA) is 40.6 Å². The highest BCUT2D eigenvalue weighted by atomic mass is 16.1. The zero-order chi connectivity index (χ0) is 28.1. The van der Waals surface area contributed by atoms with E-state index in [4.69, 9.17) is 0 Å². The minimum atomic E-state index is -0.129. The number of nitrogens with zero attached hydrogens (tertiary/aromatic N) is 2. The van der Waals surface area contributed by atoms with Gasteiger partial charge >= 0.3 is 0 Å². The number of Topliss-reactive ketones (excluding diaryl/α,β-unsaturated/α-hetero) is 2. The molecule has 0 aliphatic carbocycles. The lowest BCUT2D eigenvalue weighted by molar-refractivity contribution is 0.100. The highest BCUT2D eigenvalue weighted by Crippen LogP contribution is 2.42. The van der Waals surface area contributed by atoms with Crippen molar-refractivity contribution in [2.45, 2.75) is 32.2 Å². The van der Waals surface area contributed by atoms with Crippen LogP contribution in [0.15, 0.2) is 97.1 Å². The van der Waals surface area contributed by atoms with Gasteiger partial charge in [0.25, 0.3) is 0 Å². The minimum Gasteiger partial charge on any atom is -0.378 e. The van der Waals surface area contributed by atoms with Crippen LogP contribution in [0.4, 0.5) is 5.69 Å². The van der Waals surface area contributed by atoms with Crippen LogP contribution in [0, 0.1) is 0 Å². The first-order valence-corrected chi connectivity index (χ1v) is 13.4. The first kappa shape index (κ1) is 28.0. The lowest BCUT2D eigenvalue weighted by atomic mass is 9.77. The number of carbonyl (C=O) groups is 2. The fourth-order valence-electron chi connectivity index (χ4n) is 5.52. The van der Waals surface area contributed by atoms with E-state index in [1.165, 1.54) is 5.56 Å². The fraction of sp³-hybridized carbons (Fsp3) is 0.257. The molecule has 4 rings (SSSR count). The third-order valence-corrected chi connectivity index (χ3v) is 7.38. The highest BCUT2D eigenvalue weighted by molar-refractivity contribution is 5.98. The van der Waals surface area contributed by atoms with Gasteiger partial charge in [-0.25, -0.2) is 0 Å². The number of likely N-dealkylation sites (N-methyl/N-ethyl adjacent to an activating group) is 1. The average molecular weight is 519 g/mol. The summed E-state index contributed by atoms with van der Waals surface area (Å²) in [7, 11) is 8.23. The van der Waals surface area contributed by atoms with Gasteiger partial charge in [0.1, 0.15) is 0 Å². The third kappa shape index (κ3) is 6.35. The molecule has 0 bridgehead atoms. The van der Waals surface area contributed by atoms with Gasteiger partial charge in [-0.2, -0.15) is 0 Å². The first-order chi connectivity index (χ1) is 18.7. The molecular weight excluding hydrogens is 480 g/mol. The molecule has 4 aromatic rings. The zero-order valence-corrected chi connectivity index (χ0v) is 23.8. The number of hydrogen-bond donors (Lipinski definition) is 0. The van der Waals surface area contributed by atoms with E-state index in [9.17, 15) is 9.59 Å². The van der Waals surface area contributed by atoms with Gasteiger partial charge in [-0.15, -0.1) is 0 Å². The van der Waals surface area contributed by atoms with Gasteiger partial charge < -0.3 is 9.80 Å². The average Bonchev–Trinajstić information content (AvgIpc) is 2.92. The van der Waals surface area contributed by atoms with E-state index in [-0.39, 0.29) is 23.5 Å². The molecule has 4 nitrogen and oxygen atoms in total. The molecule has 0 saturated carbocycles. The van der Waals surface area contributed by atoms with Gasteiger partial charge in [0.15, 0.2) is 11.6 Å². The molecule has 0 aromatic heterocycles. The van der Waals surface area contributed by atoms with E-state index in [2.05, 4.69) is 90.6 Å². The van der Waals surface area contributed by atoms with Gasteiger partial charge in [-0.05, 0) is 74.3 Å². The van der Waals surface area contributed by atoms with Crippen molar-refractivity contribution >= 4 is 17.3 Å². The van der Waals surface area contributed by atoms with E-state index < -0.39 is 0 Å². The molecule has 0 N–H and O–H groups in total. The summed E-state index contributed by atoms with van der Waals surface area (Å²) < 4.78 is 0. The summed E-state index contributed by atoms with van der Waals surface area (Å²) in [6.45, 7) is 3.25. The van der Waals surface area contributed by atoms with E-state index >= 15 is 0 Å². The standard InChI is InChI=1S/C35H38N2O2/c1-24(38)27-18-20-28(21-19-27)34(35(37(5)6)29-13-8-7-9-14-29)32-17-11-15-30(33(32)25(2)39)22-26-12-10-16-31(23-26)36(3)4/h7-21,23,34-35H,22H2,1-6H3. The van der Waals surface area contributed by atoms with Crippen LogP contribution >= 0.6 is 0 Å². The van der Waals surface area contributed by atoms with Crippen molar-refractivity contribution in [3.05, 3.63) is 136 Å². The molecule has 2 unspecified atom stereocenters. The van der Waals surface area contributed by atoms with Crippen molar-refractivity contribution in [3.63, 3.8) is 0 Å². The molecule has 0 radical (unpaired) electrons. The maximum Gasteiger partial charge on any atom is 0.160 e. The van der Waals surface area contributed by atoms with E-state index in [0.29, 0.717) is 12.0 Å². The van der Waals surface area contributed by atoms with Crippen molar-refractivity contribution in [1.29, 1.82) is 0 Å². The fourth-order valence-corrected chi connectivity index (χ4v) is 5.52. The number of carbonyl (C=O) groups excluding carboxylic acids is 2. The predicted octanol–water partition coefficient (Wildman–Crippen LogP) is 7.18. The Kier molecular flexibility index (Phi) is 8.78. The normalized spacial score (nSPS) is 12.7. The van der Waals surface area contributed by atoms with Crippen molar-refractivity contribution in [1.82, 2.24) is 4.90 Å². The summed E-state index contributed by atoms with van der Waals surface area (Å²) in [6.07, 6.45) is 0.665. The molecule has 39 heavy (non-hydrogen) atoms. The number of ketones is 2. The number of benzene rings is 4. The monoisotopic (exact) mass is 518 g/mol. The molecule has 0 spiro atoms. The molecular formula is C35H38N2O2. The molecule has 200 valence electrons. The van der Waals surface area contributed by atoms with Crippen LogP contribution < -0.4 is 4.90 Å². The Bertz CT molecular complexity index is 1440. The second kappa shape index (κ2) is 12.2. The summed E-state index contributed by atoms with van der Waals surface area (Å²) in [4.78, 5) is 29.7. The molecule has 2 atom stereocenters. The van der Waals surface area contributed by atoms with E-state index in [0.717, 1.165) is 33.5 Å². The summed E-state index contributed by atoms with van der Waals surface area (Å²) in [5, 5.41) is 0. The van der Waals surface area contributed by atoms with Gasteiger partial charge in [0.05, 0.1) is 0 Å². The number of hydrogen-bond acceptors (Lipinski definition) is 4. The van der Waals surface area contributed by atoms with Crippen LogP contribution in [0.1, 0.15) is 74.3 Å². The van der Waals surface area contributed by atoms with Crippen LogP contribution in [0.2, 0.25) is 0 Å². The van der Waals surface area contributed by atoms with Crippen LogP contribution in [-0.4, -0.2) is 44.7 Å². The molecule has 0 aliphatic heterocycles. The van der Waals surface area contributed by atoms with Gasteiger partial charge in [-0.1, -0.05) is 84.9 Å².